The number of para-hydroxylation sites is 1. The Bertz CT molecular complexity index is 1260. The molecule has 6 nitrogen and oxygen atoms in total. The Morgan fingerprint density at radius 3 is 2.59 bits per heavy atom. The monoisotopic (exact) mass is 352 g/mol. The molecule has 3 heterocycles. The van der Waals surface area contributed by atoms with Crippen LogP contribution in [0.15, 0.2) is 73.3 Å². The van der Waals surface area contributed by atoms with Crippen LogP contribution in [0.1, 0.15) is 5.56 Å². The molecule has 0 fully saturated rings. The van der Waals surface area contributed by atoms with Crippen molar-refractivity contribution < 1.29 is 0 Å². The zero-order chi connectivity index (χ0) is 18.2. The number of nitrogens with two attached hydrogens (primary N) is 1. The first-order chi connectivity index (χ1) is 13.3. The quantitative estimate of drug-likeness (QED) is 0.536. The minimum atomic E-state index is 0.424. The van der Waals surface area contributed by atoms with Crippen LogP contribution in [0.5, 0.6) is 0 Å². The van der Waals surface area contributed by atoms with E-state index in [9.17, 15) is 0 Å². The standard InChI is InChI=1S/C21H16N6/c22-20-19-21(24-12-23-20)25-13-27(19)11-16-10-15-8-4-5-9-17(15)26-18(16)14-6-2-1-3-7-14/h1-10,12-13H,11H2,(H2,22,23,24). The average Bonchev–Trinajstić information content (AvgIpc) is 3.12. The van der Waals surface area contributed by atoms with Crippen LogP contribution in [0.4, 0.5) is 5.82 Å². The van der Waals surface area contributed by atoms with Crippen LogP contribution in [-0.2, 0) is 6.54 Å². The van der Waals surface area contributed by atoms with E-state index in [1.165, 1.54) is 6.33 Å². The molecule has 5 aromatic rings. The van der Waals surface area contributed by atoms with Gasteiger partial charge < -0.3 is 10.3 Å². The molecule has 0 spiro atoms. The first-order valence-electron chi connectivity index (χ1n) is 8.65. The van der Waals surface area contributed by atoms with Crippen LogP contribution >= 0.6 is 0 Å². The summed E-state index contributed by atoms with van der Waals surface area (Å²) in [6.45, 7) is 0.579. The summed E-state index contributed by atoms with van der Waals surface area (Å²) in [7, 11) is 0. The Morgan fingerprint density at radius 1 is 0.889 bits per heavy atom. The Balaban J connectivity index is 1.71. The fourth-order valence-corrected chi connectivity index (χ4v) is 3.36. The molecule has 5 rings (SSSR count). The predicted molar refractivity (Wildman–Crippen MR) is 106 cm³/mol. The number of rotatable bonds is 3. The number of fused-ring (bicyclic) bond motifs is 2. The third-order valence-corrected chi connectivity index (χ3v) is 4.63. The molecule has 0 amide bonds. The van der Waals surface area contributed by atoms with Crippen molar-refractivity contribution in [1.82, 2.24) is 24.5 Å². The van der Waals surface area contributed by atoms with Gasteiger partial charge in [0.2, 0.25) is 0 Å². The van der Waals surface area contributed by atoms with Crippen molar-refractivity contribution in [2.45, 2.75) is 6.54 Å². The van der Waals surface area contributed by atoms with E-state index in [0.29, 0.717) is 18.0 Å². The van der Waals surface area contributed by atoms with Crippen molar-refractivity contribution in [1.29, 1.82) is 0 Å². The Hall–Kier alpha value is -3.80. The molecule has 0 radical (unpaired) electrons. The largest absolute Gasteiger partial charge is 0.382 e. The maximum absolute atomic E-state index is 6.07. The van der Waals surface area contributed by atoms with Gasteiger partial charge in [-0.25, -0.2) is 19.9 Å². The van der Waals surface area contributed by atoms with E-state index in [-0.39, 0.29) is 0 Å². The molecular weight excluding hydrogens is 336 g/mol. The lowest BCUT2D eigenvalue weighted by Crippen LogP contribution is -2.04. The highest BCUT2D eigenvalue weighted by Gasteiger charge is 2.13. The van der Waals surface area contributed by atoms with Crippen LogP contribution in [0.3, 0.4) is 0 Å². The number of anilines is 1. The summed E-state index contributed by atoms with van der Waals surface area (Å²) in [6, 6.07) is 20.5. The highest BCUT2D eigenvalue weighted by molar-refractivity contribution is 5.84. The summed E-state index contributed by atoms with van der Waals surface area (Å²) < 4.78 is 1.98. The van der Waals surface area contributed by atoms with Crippen LogP contribution in [0.2, 0.25) is 0 Å². The molecular formula is C21H16N6. The van der Waals surface area contributed by atoms with Crippen LogP contribution in [-0.4, -0.2) is 24.5 Å². The average molecular weight is 352 g/mol. The number of benzene rings is 2. The normalized spacial score (nSPS) is 11.3. The highest BCUT2D eigenvalue weighted by atomic mass is 15.1. The molecule has 0 aliphatic heterocycles. The van der Waals surface area contributed by atoms with Crippen molar-refractivity contribution in [2.24, 2.45) is 0 Å². The smallest absolute Gasteiger partial charge is 0.182 e. The molecule has 0 bridgehead atoms. The predicted octanol–water partition coefficient (Wildman–Crippen LogP) is 3.67. The van der Waals surface area contributed by atoms with E-state index < -0.39 is 0 Å². The lowest BCUT2D eigenvalue weighted by molar-refractivity contribution is 0.823. The zero-order valence-electron chi connectivity index (χ0n) is 14.4. The number of nitrogen functional groups attached to an aromatic ring is 1. The number of aromatic nitrogens is 5. The molecule has 0 unspecified atom stereocenters. The number of pyridine rings is 1. The minimum absolute atomic E-state index is 0.424. The first kappa shape index (κ1) is 15.5. The van der Waals surface area contributed by atoms with Gasteiger partial charge in [-0.05, 0) is 17.7 Å². The van der Waals surface area contributed by atoms with E-state index in [1.54, 1.807) is 6.33 Å². The van der Waals surface area contributed by atoms with E-state index in [2.05, 4.69) is 39.2 Å². The van der Waals surface area contributed by atoms with Crippen molar-refractivity contribution in [3.05, 3.63) is 78.9 Å². The van der Waals surface area contributed by atoms with Crippen molar-refractivity contribution in [2.75, 3.05) is 5.73 Å². The van der Waals surface area contributed by atoms with Crippen LogP contribution < -0.4 is 5.73 Å². The van der Waals surface area contributed by atoms with E-state index >= 15 is 0 Å². The fourth-order valence-electron chi connectivity index (χ4n) is 3.36. The Labute approximate surface area is 155 Å². The topological polar surface area (TPSA) is 82.5 Å². The van der Waals surface area contributed by atoms with Gasteiger partial charge in [-0.3, -0.25) is 0 Å². The van der Waals surface area contributed by atoms with Gasteiger partial charge in [-0.1, -0.05) is 48.5 Å². The summed E-state index contributed by atoms with van der Waals surface area (Å²) in [6.07, 6.45) is 3.18. The van der Waals surface area contributed by atoms with Gasteiger partial charge in [-0.2, -0.15) is 0 Å². The third kappa shape index (κ3) is 2.67. The Kier molecular flexibility index (Phi) is 3.53. The molecule has 0 saturated heterocycles. The number of hydrogen-bond donors (Lipinski definition) is 1. The minimum Gasteiger partial charge on any atom is -0.382 e. The maximum Gasteiger partial charge on any atom is 0.182 e. The van der Waals surface area contributed by atoms with Gasteiger partial charge in [0.1, 0.15) is 11.8 Å². The van der Waals surface area contributed by atoms with E-state index in [0.717, 1.165) is 33.2 Å². The summed E-state index contributed by atoms with van der Waals surface area (Å²) in [5.41, 5.74) is 11.5. The van der Waals surface area contributed by atoms with Crippen molar-refractivity contribution in [3.63, 3.8) is 0 Å². The van der Waals surface area contributed by atoms with Gasteiger partial charge in [0.25, 0.3) is 0 Å². The molecule has 2 N–H and O–H groups in total. The van der Waals surface area contributed by atoms with Gasteiger partial charge in [0.05, 0.1) is 24.1 Å². The molecule has 0 saturated carbocycles. The number of hydrogen-bond acceptors (Lipinski definition) is 5. The summed E-state index contributed by atoms with van der Waals surface area (Å²) >= 11 is 0. The van der Waals surface area contributed by atoms with Gasteiger partial charge >= 0.3 is 0 Å². The lowest BCUT2D eigenvalue weighted by Gasteiger charge is -2.12. The van der Waals surface area contributed by atoms with Gasteiger partial charge in [0.15, 0.2) is 11.5 Å². The second kappa shape index (κ2) is 6.17. The maximum atomic E-state index is 6.07. The first-order valence-corrected chi connectivity index (χ1v) is 8.65. The second-order valence-electron chi connectivity index (χ2n) is 6.36. The van der Waals surface area contributed by atoms with Crippen LogP contribution in [0.25, 0.3) is 33.3 Å². The zero-order valence-corrected chi connectivity index (χ0v) is 14.4. The molecule has 6 heteroatoms. The SMILES string of the molecule is Nc1ncnc2ncn(Cc3cc4ccccc4nc3-c3ccccc3)c12. The summed E-state index contributed by atoms with van der Waals surface area (Å²) in [4.78, 5) is 17.6. The molecule has 2 aromatic carbocycles. The Morgan fingerprint density at radius 2 is 1.70 bits per heavy atom. The van der Waals surface area contributed by atoms with E-state index in [1.807, 2.05) is 41.0 Å². The summed E-state index contributed by atoms with van der Waals surface area (Å²) in [5.74, 6) is 0.424. The third-order valence-electron chi connectivity index (χ3n) is 4.63. The fraction of sp³-hybridized carbons (Fsp3) is 0.0476. The number of nitrogens with zero attached hydrogens (tertiary/aromatic N) is 5. The van der Waals surface area contributed by atoms with Gasteiger partial charge in [-0.15, -0.1) is 0 Å². The molecule has 0 atom stereocenters. The molecule has 0 aliphatic carbocycles. The number of imidazole rings is 1. The van der Waals surface area contributed by atoms with Crippen LogP contribution in [0, 0.1) is 0 Å². The lowest BCUT2D eigenvalue weighted by atomic mass is 10.0. The molecule has 27 heavy (non-hydrogen) atoms. The van der Waals surface area contributed by atoms with Gasteiger partial charge in [0, 0.05) is 10.9 Å². The molecule has 3 aromatic heterocycles. The highest BCUT2D eigenvalue weighted by Crippen LogP contribution is 2.27. The molecule has 130 valence electrons. The molecule has 0 aliphatic rings. The van der Waals surface area contributed by atoms with Crippen molar-refractivity contribution >= 4 is 27.9 Å². The van der Waals surface area contributed by atoms with Crippen molar-refractivity contribution in [3.8, 4) is 11.3 Å². The van der Waals surface area contributed by atoms with E-state index in [4.69, 9.17) is 10.7 Å². The second-order valence-corrected chi connectivity index (χ2v) is 6.36. The summed E-state index contributed by atoms with van der Waals surface area (Å²) in [5, 5.41) is 1.10.